The van der Waals surface area contributed by atoms with Crippen LogP contribution in [0, 0.1) is 56.7 Å². The highest BCUT2D eigenvalue weighted by Crippen LogP contribution is 2.78. The summed E-state index contributed by atoms with van der Waals surface area (Å²) in [6, 6.07) is 0. The zero-order valence-corrected chi connectivity index (χ0v) is 39.5. The molecule has 382 valence electrons. The summed E-state index contributed by atoms with van der Waals surface area (Å²) in [5.41, 5.74) is -2.53. The van der Waals surface area contributed by atoms with E-state index in [0.717, 1.165) is 18.4 Å². The Kier molecular flexibility index (Phi) is 14.0. The molecular formula is C48H76O19. The monoisotopic (exact) mass is 956 g/mol. The van der Waals surface area contributed by atoms with Gasteiger partial charge in [-0.05, 0) is 131 Å². The predicted octanol–water partition coefficient (Wildman–Crippen LogP) is 0.0887. The molecule has 8 aliphatic rings. The lowest BCUT2D eigenvalue weighted by molar-refractivity contribution is -0.366. The number of aliphatic hydroxyl groups is 10. The molecule has 3 aliphatic heterocycles. The number of hydrogen-bond acceptors (Lipinski definition) is 18. The Morgan fingerprint density at radius 2 is 1.24 bits per heavy atom. The highest BCUT2D eigenvalue weighted by Gasteiger charge is 2.74. The van der Waals surface area contributed by atoms with Gasteiger partial charge in [-0.2, -0.15) is 0 Å². The molecule has 0 aromatic heterocycles. The third kappa shape index (κ3) is 7.70. The third-order valence-electron chi connectivity index (χ3n) is 19.8. The summed E-state index contributed by atoms with van der Waals surface area (Å²) in [6.07, 6.45) is -18.0. The van der Waals surface area contributed by atoms with Crippen LogP contribution in [0.3, 0.4) is 0 Å². The van der Waals surface area contributed by atoms with Crippen molar-refractivity contribution in [1.82, 2.24) is 0 Å². The van der Waals surface area contributed by atoms with Crippen LogP contribution in [-0.2, 0) is 38.0 Å². The summed E-state index contributed by atoms with van der Waals surface area (Å²) in [6.45, 7) is 15.0. The van der Waals surface area contributed by atoms with Gasteiger partial charge in [0, 0.05) is 0 Å². The normalized spacial score (nSPS) is 55.3. The Balaban J connectivity index is 1.02. The maximum Gasteiger partial charge on any atom is 0.314 e. The van der Waals surface area contributed by atoms with Gasteiger partial charge < -0.3 is 84.6 Å². The number of ether oxygens (including phenoxy) is 6. The second-order valence-corrected chi connectivity index (χ2v) is 22.7. The molecule has 0 unspecified atom stereocenters. The fraction of sp³-hybridized carbons (Fsp3) is 0.917. The van der Waals surface area contributed by atoms with Crippen molar-refractivity contribution < 1.29 is 94.2 Å². The molecule has 5 aliphatic carbocycles. The van der Waals surface area contributed by atoms with Gasteiger partial charge in [-0.3, -0.25) is 9.59 Å². The number of carboxylic acid groups (broad SMARTS) is 1. The van der Waals surface area contributed by atoms with E-state index in [1.165, 1.54) is 6.92 Å². The van der Waals surface area contributed by atoms with Crippen LogP contribution in [0.5, 0.6) is 0 Å². The second kappa shape index (κ2) is 18.3. The van der Waals surface area contributed by atoms with Crippen LogP contribution in [0.25, 0.3) is 0 Å². The molecule has 0 bridgehead atoms. The van der Waals surface area contributed by atoms with Crippen LogP contribution in [0.4, 0.5) is 0 Å². The van der Waals surface area contributed by atoms with Crippen LogP contribution in [0.1, 0.15) is 106 Å². The fourth-order valence-electron chi connectivity index (χ4n) is 15.8. The Bertz CT molecular complexity index is 1850. The molecule has 0 aromatic carbocycles. The lowest BCUT2D eigenvalue weighted by atomic mass is 9.32. The molecule has 0 radical (unpaired) electrons. The number of rotatable bonds is 10. The lowest BCUT2D eigenvalue weighted by Crippen LogP contribution is -2.69. The third-order valence-corrected chi connectivity index (χ3v) is 19.8. The minimum atomic E-state index is -1.79. The van der Waals surface area contributed by atoms with E-state index in [1.807, 2.05) is 6.92 Å². The van der Waals surface area contributed by atoms with Crippen LogP contribution in [-0.4, -0.2) is 180 Å². The minimum absolute atomic E-state index is 0.00268. The number of allylic oxidation sites excluding steroid dienone is 1. The number of carboxylic acids is 1. The zero-order valence-electron chi connectivity index (χ0n) is 39.5. The average Bonchev–Trinajstić information content (AvgIpc) is 3.70. The van der Waals surface area contributed by atoms with Crippen molar-refractivity contribution in [2.75, 3.05) is 13.2 Å². The smallest absolute Gasteiger partial charge is 0.314 e. The molecule has 0 spiro atoms. The molecule has 3 heterocycles. The Hall–Kier alpha value is -1.92. The van der Waals surface area contributed by atoms with Gasteiger partial charge in [-0.15, -0.1) is 0 Å². The van der Waals surface area contributed by atoms with E-state index in [0.29, 0.717) is 44.9 Å². The molecule has 19 nitrogen and oxygen atoms in total. The molecule has 3 saturated heterocycles. The number of esters is 1. The number of aliphatic carboxylic acids is 1. The van der Waals surface area contributed by atoms with Crippen molar-refractivity contribution in [1.29, 1.82) is 0 Å². The summed E-state index contributed by atoms with van der Waals surface area (Å²) >= 11 is 0. The molecule has 26 atom stereocenters. The van der Waals surface area contributed by atoms with E-state index in [1.54, 1.807) is 6.92 Å². The Morgan fingerprint density at radius 1 is 0.627 bits per heavy atom. The first-order valence-electron chi connectivity index (χ1n) is 24.4. The summed E-state index contributed by atoms with van der Waals surface area (Å²) in [4.78, 5) is 28.4. The van der Waals surface area contributed by atoms with Crippen molar-refractivity contribution in [3.8, 4) is 0 Å². The molecule has 0 aromatic rings. The van der Waals surface area contributed by atoms with Crippen LogP contribution >= 0.6 is 0 Å². The van der Waals surface area contributed by atoms with Crippen LogP contribution in [0.2, 0.25) is 0 Å². The van der Waals surface area contributed by atoms with E-state index in [9.17, 15) is 65.8 Å². The summed E-state index contributed by atoms with van der Waals surface area (Å²) in [5, 5.41) is 117. The summed E-state index contributed by atoms with van der Waals surface area (Å²) in [7, 11) is 0. The first-order valence-corrected chi connectivity index (χ1v) is 24.4. The van der Waals surface area contributed by atoms with Gasteiger partial charge in [0.25, 0.3) is 0 Å². The van der Waals surface area contributed by atoms with Crippen LogP contribution < -0.4 is 0 Å². The van der Waals surface area contributed by atoms with Crippen molar-refractivity contribution >= 4 is 11.9 Å². The minimum Gasteiger partial charge on any atom is -0.481 e. The van der Waals surface area contributed by atoms with Gasteiger partial charge in [-0.1, -0.05) is 32.9 Å². The number of hydrogen-bond donors (Lipinski definition) is 11. The molecule has 8 rings (SSSR count). The average molecular weight is 957 g/mol. The molecule has 67 heavy (non-hydrogen) atoms. The Labute approximate surface area is 391 Å². The topological polar surface area (TPSA) is 312 Å². The van der Waals surface area contributed by atoms with Gasteiger partial charge in [0.2, 0.25) is 6.29 Å². The number of carbonyl (C=O) groups is 2. The van der Waals surface area contributed by atoms with Gasteiger partial charge in [-0.25, -0.2) is 0 Å². The van der Waals surface area contributed by atoms with E-state index in [4.69, 9.17) is 28.4 Å². The van der Waals surface area contributed by atoms with Crippen molar-refractivity contribution in [3.05, 3.63) is 12.2 Å². The summed E-state index contributed by atoms with van der Waals surface area (Å²) < 4.78 is 35.4. The molecule has 11 N–H and O–H groups in total. The van der Waals surface area contributed by atoms with Gasteiger partial charge in [0.05, 0.1) is 36.3 Å². The van der Waals surface area contributed by atoms with E-state index < -0.39 is 140 Å². The highest BCUT2D eigenvalue weighted by atomic mass is 16.7. The van der Waals surface area contributed by atoms with E-state index >= 15 is 0 Å². The number of carbonyl (C=O) groups excluding carboxylic acids is 1. The first kappa shape index (κ1) is 51.4. The largest absolute Gasteiger partial charge is 0.481 e. The van der Waals surface area contributed by atoms with Crippen molar-refractivity contribution in [2.24, 2.45) is 56.7 Å². The predicted molar refractivity (Wildman–Crippen MR) is 231 cm³/mol. The van der Waals surface area contributed by atoms with Crippen molar-refractivity contribution in [3.63, 3.8) is 0 Å². The van der Waals surface area contributed by atoms with E-state index in [2.05, 4.69) is 27.4 Å². The maximum atomic E-state index is 14.7. The standard InChI is InChI=1S/C48H76O19/c1-20(2)22-10-15-48(43(61)67-41-36(57)33(54)31(52)24(18-49)63-41)17-16-45(5)23(29(22)48)8-9-26-44(4)13-12-28(47(7,42(59)60)27(44)11-14-46(26,45)6)65-40-37(58)34(55)38(25(19-50)64-40)66-39-35(56)32(53)30(51)21(3)62-39/h21-41,49-58H,1,8-19H2,2-7H3,(H,59,60)/t21-,22-,23+,24+,25+,26+,27+,28-,29+,30-,31+,32+,33-,34+,35+,36+,37+,38+,39-,40-,41-,44+,45+,46+,47-,48-/m0/s1. The molecule has 0 amide bonds. The number of aliphatic hydroxyl groups excluding tert-OH is 10. The molecule has 19 heteroatoms. The Morgan fingerprint density at radius 3 is 1.88 bits per heavy atom. The SMILES string of the molecule is C=C(C)[C@@H]1CC[C@]2(C(=O)O[C@@H]3O[C@H](CO)[C@@H](O)[C@H](O)[C@H]3O)CC[C@]3(C)[C@H](CC[C@@H]4[C@@]5(C)CC[C@H](O[C@@H]6O[C@H](CO)[C@@H](O[C@@H]7O[C@@H](C)[C@H](O)[C@@H](O)[C@H]7O)[C@H](O)[C@H]6O)[C@@](C)(C(=O)O)[C@@H]5CC[C@]43C)[C@@H]12. The molecule has 8 fully saturated rings. The molecule has 5 saturated carbocycles. The highest BCUT2D eigenvalue weighted by molar-refractivity contribution is 5.78. The van der Waals surface area contributed by atoms with Gasteiger partial charge in [0.1, 0.15) is 67.1 Å². The second-order valence-electron chi connectivity index (χ2n) is 22.7. The van der Waals surface area contributed by atoms with Gasteiger partial charge >= 0.3 is 11.9 Å². The lowest BCUT2D eigenvalue weighted by Gasteiger charge is -2.72. The van der Waals surface area contributed by atoms with Crippen molar-refractivity contribution in [2.45, 2.75) is 204 Å². The summed E-state index contributed by atoms with van der Waals surface area (Å²) in [5.74, 6) is -2.02. The quantitative estimate of drug-likeness (QED) is 0.0785. The zero-order chi connectivity index (χ0) is 49.1. The fourth-order valence-corrected chi connectivity index (χ4v) is 15.8. The van der Waals surface area contributed by atoms with E-state index in [-0.39, 0.29) is 46.8 Å². The number of fused-ring (bicyclic) bond motifs is 7. The van der Waals surface area contributed by atoms with Crippen LogP contribution in [0.15, 0.2) is 12.2 Å². The first-order chi connectivity index (χ1) is 31.4. The maximum absolute atomic E-state index is 14.7. The van der Waals surface area contributed by atoms with Gasteiger partial charge in [0.15, 0.2) is 12.6 Å². The molecular weight excluding hydrogens is 881 g/mol.